The number of benzene rings is 2. The third-order valence-corrected chi connectivity index (χ3v) is 4.94. The van der Waals surface area contributed by atoms with E-state index >= 15 is 0 Å². The van der Waals surface area contributed by atoms with E-state index in [1.807, 2.05) is 61.5 Å². The molecule has 3 rings (SSSR count). The molecular weight excluding hydrogens is 346 g/mol. The summed E-state index contributed by atoms with van der Waals surface area (Å²) in [6.07, 6.45) is 0. The van der Waals surface area contributed by atoms with E-state index in [9.17, 15) is 4.79 Å². The first kappa shape index (κ1) is 18.5. The molecule has 1 fully saturated rings. The molecule has 6 heteroatoms. The molecule has 0 bridgehead atoms. The van der Waals surface area contributed by atoms with Gasteiger partial charge in [0.05, 0.1) is 24.7 Å². The first-order valence-corrected chi connectivity index (χ1v) is 9.65. The third-order valence-electron chi connectivity index (χ3n) is 3.93. The number of aliphatic imine (C=N–C) groups is 1. The lowest BCUT2D eigenvalue weighted by Crippen LogP contribution is -2.39. The minimum absolute atomic E-state index is 0.0344. The van der Waals surface area contributed by atoms with Crippen LogP contribution in [0.15, 0.2) is 59.6 Å². The fourth-order valence-corrected chi connectivity index (χ4v) is 3.39. The molecular formula is C20H23N3O2S. The fraction of sp³-hybridized carbons (Fsp3) is 0.300. The number of carbonyl (C=O) groups excluding carboxylic acids is 1. The van der Waals surface area contributed by atoms with Crippen molar-refractivity contribution in [1.82, 2.24) is 4.90 Å². The summed E-state index contributed by atoms with van der Waals surface area (Å²) in [4.78, 5) is 19.2. The summed E-state index contributed by atoms with van der Waals surface area (Å²) in [5.41, 5.74) is 2.87. The van der Waals surface area contributed by atoms with Gasteiger partial charge in [-0.25, -0.2) is 4.99 Å². The van der Waals surface area contributed by atoms with Gasteiger partial charge in [-0.3, -0.25) is 4.79 Å². The average Bonchev–Trinajstić information content (AvgIpc) is 2.68. The van der Waals surface area contributed by atoms with Crippen molar-refractivity contribution in [2.24, 2.45) is 4.99 Å². The highest BCUT2D eigenvalue weighted by atomic mass is 32.2. The van der Waals surface area contributed by atoms with Crippen LogP contribution in [0.5, 0.6) is 0 Å². The highest BCUT2D eigenvalue weighted by Crippen LogP contribution is 2.19. The van der Waals surface area contributed by atoms with Gasteiger partial charge in [0.25, 0.3) is 0 Å². The number of hydrogen-bond acceptors (Lipinski definition) is 4. The molecule has 1 N–H and O–H groups in total. The van der Waals surface area contributed by atoms with Gasteiger partial charge in [-0.1, -0.05) is 47.7 Å². The zero-order valence-corrected chi connectivity index (χ0v) is 15.7. The van der Waals surface area contributed by atoms with E-state index in [0.29, 0.717) is 19.0 Å². The molecule has 0 spiro atoms. The van der Waals surface area contributed by atoms with Crippen LogP contribution in [0.25, 0.3) is 0 Å². The second-order valence-corrected chi connectivity index (χ2v) is 6.97. The van der Waals surface area contributed by atoms with Crippen LogP contribution >= 0.6 is 11.8 Å². The first-order chi connectivity index (χ1) is 12.7. The van der Waals surface area contributed by atoms with Gasteiger partial charge >= 0.3 is 0 Å². The number of thioether (sulfide) groups is 1. The Kier molecular flexibility index (Phi) is 6.68. The van der Waals surface area contributed by atoms with Crippen molar-refractivity contribution in [2.45, 2.75) is 6.92 Å². The number of amides is 1. The van der Waals surface area contributed by atoms with Crippen LogP contribution in [0.3, 0.4) is 0 Å². The lowest BCUT2D eigenvalue weighted by molar-refractivity contribution is -0.113. The standard InChI is InChI=1S/C20H23N3O2S/c1-16-7-9-18(10-8-16)21-19(24)15-26-20(23-11-13-25-14-12-23)22-17-5-3-2-4-6-17/h2-10H,11-15H2,1H3,(H,21,24). The summed E-state index contributed by atoms with van der Waals surface area (Å²) >= 11 is 1.46. The van der Waals surface area contributed by atoms with Crippen LogP contribution < -0.4 is 5.32 Å². The lowest BCUT2D eigenvalue weighted by Gasteiger charge is -2.29. The summed E-state index contributed by atoms with van der Waals surface area (Å²) in [5, 5.41) is 3.79. The smallest absolute Gasteiger partial charge is 0.234 e. The highest BCUT2D eigenvalue weighted by molar-refractivity contribution is 8.14. The number of ether oxygens (including phenoxy) is 1. The number of para-hydroxylation sites is 1. The molecule has 5 nitrogen and oxygen atoms in total. The summed E-state index contributed by atoms with van der Waals surface area (Å²) in [6.45, 7) is 4.97. The van der Waals surface area contributed by atoms with Gasteiger partial charge in [0, 0.05) is 18.8 Å². The monoisotopic (exact) mass is 369 g/mol. The number of morpholine rings is 1. The van der Waals surface area contributed by atoms with Crippen LogP contribution in [0.1, 0.15) is 5.56 Å². The number of nitrogens with zero attached hydrogens (tertiary/aromatic N) is 2. The maximum Gasteiger partial charge on any atom is 0.234 e. The number of aryl methyl sites for hydroxylation is 1. The van der Waals surface area contributed by atoms with Crippen molar-refractivity contribution in [3.63, 3.8) is 0 Å². The van der Waals surface area contributed by atoms with Crippen molar-refractivity contribution in [3.05, 3.63) is 60.2 Å². The molecule has 0 aliphatic carbocycles. The van der Waals surface area contributed by atoms with E-state index in [-0.39, 0.29) is 5.91 Å². The topological polar surface area (TPSA) is 53.9 Å². The van der Waals surface area contributed by atoms with Crippen molar-refractivity contribution < 1.29 is 9.53 Å². The van der Waals surface area contributed by atoms with Crippen LogP contribution in [0, 0.1) is 6.92 Å². The second kappa shape index (κ2) is 9.40. The summed E-state index contributed by atoms with van der Waals surface area (Å²) in [6, 6.07) is 17.6. The molecule has 1 aliphatic rings. The number of carbonyl (C=O) groups is 1. The quantitative estimate of drug-likeness (QED) is 0.660. The van der Waals surface area contributed by atoms with Gasteiger partial charge < -0.3 is 15.0 Å². The Labute approximate surface area is 158 Å². The van der Waals surface area contributed by atoms with Gasteiger partial charge in [0.1, 0.15) is 0 Å². The van der Waals surface area contributed by atoms with Gasteiger partial charge in [-0.05, 0) is 31.2 Å². The van der Waals surface area contributed by atoms with E-state index in [4.69, 9.17) is 9.73 Å². The highest BCUT2D eigenvalue weighted by Gasteiger charge is 2.17. The number of anilines is 1. The van der Waals surface area contributed by atoms with Crippen LogP contribution in [0.2, 0.25) is 0 Å². The zero-order valence-electron chi connectivity index (χ0n) is 14.9. The first-order valence-electron chi connectivity index (χ1n) is 8.66. The summed E-state index contributed by atoms with van der Waals surface area (Å²) in [7, 11) is 0. The van der Waals surface area contributed by atoms with Gasteiger partial charge in [0.15, 0.2) is 5.17 Å². The normalized spacial score (nSPS) is 15.0. The minimum Gasteiger partial charge on any atom is -0.378 e. The Hall–Kier alpha value is -2.31. The lowest BCUT2D eigenvalue weighted by atomic mass is 10.2. The summed E-state index contributed by atoms with van der Waals surface area (Å²) < 4.78 is 5.43. The van der Waals surface area contributed by atoms with Crippen molar-refractivity contribution in [3.8, 4) is 0 Å². The second-order valence-electron chi connectivity index (χ2n) is 6.03. The van der Waals surface area contributed by atoms with Gasteiger partial charge in [-0.15, -0.1) is 0 Å². The largest absolute Gasteiger partial charge is 0.378 e. The molecule has 136 valence electrons. The maximum atomic E-state index is 12.3. The Morgan fingerprint density at radius 2 is 1.81 bits per heavy atom. The van der Waals surface area contributed by atoms with Crippen LogP contribution in [-0.2, 0) is 9.53 Å². The molecule has 1 amide bonds. The Balaban J connectivity index is 1.64. The number of rotatable bonds is 4. The molecule has 2 aromatic rings. The van der Waals surface area contributed by atoms with E-state index in [1.54, 1.807) is 0 Å². The molecule has 1 aliphatic heterocycles. The fourth-order valence-electron chi connectivity index (χ4n) is 2.53. The molecule has 0 atom stereocenters. The molecule has 0 radical (unpaired) electrons. The molecule has 2 aromatic carbocycles. The van der Waals surface area contributed by atoms with Crippen molar-refractivity contribution in [2.75, 3.05) is 37.4 Å². The van der Waals surface area contributed by atoms with Gasteiger partial charge in [-0.2, -0.15) is 0 Å². The van der Waals surface area contributed by atoms with E-state index < -0.39 is 0 Å². The minimum atomic E-state index is -0.0344. The van der Waals surface area contributed by atoms with E-state index in [2.05, 4.69) is 10.2 Å². The zero-order chi connectivity index (χ0) is 18.2. The number of hydrogen-bond donors (Lipinski definition) is 1. The van der Waals surface area contributed by atoms with E-state index in [0.717, 1.165) is 29.6 Å². The molecule has 0 saturated carbocycles. The SMILES string of the molecule is Cc1ccc(NC(=O)CSC(=Nc2ccccc2)N2CCOCC2)cc1. The van der Waals surface area contributed by atoms with E-state index in [1.165, 1.54) is 17.3 Å². The summed E-state index contributed by atoms with van der Waals surface area (Å²) in [5.74, 6) is 0.282. The third kappa shape index (κ3) is 5.61. The Bertz CT molecular complexity index is 741. The molecule has 0 aromatic heterocycles. The molecule has 1 heterocycles. The van der Waals surface area contributed by atoms with Gasteiger partial charge in [0.2, 0.25) is 5.91 Å². The molecule has 1 saturated heterocycles. The van der Waals surface area contributed by atoms with Crippen LogP contribution in [0.4, 0.5) is 11.4 Å². The predicted molar refractivity (Wildman–Crippen MR) is 108 cm³/mol. The van der Waals surface area contributed by atoms with Crippen LogP contribution in [-0.4, -0.2) is 48.0 Å². The predicted octanol–water partition coefficient (Wildman–Crippen LogP) is 3.69. The molecule has 0 unspecified atom stereocenters. The maximum absolute atomic E-state index is 12.3. The van der Waals surface area contributed by atoms with Crippen molar-refractivity contribution >= 4 is 34.2 Å². The Morgan fingerprint density at radius 3 is 2.50 bits per heavy atom. The number of amidine groups is 1. The number of nitrogens with one attached hydrogen (secondary N) is 1. The molecule has 26 heavy (non-hydrogen) atoms. The van der Waals surface area contributed by atoms with Crippen molar-refractivity contribution in [1.29, 1.82) is 0 Å². The Morgan fingerprint density at radius 1 is 1.12 bits per heavy atom. The average molecular weight is 369 g/mol.